The largest absolute Gasteiger partial charge is 0.466 e. The summed E-state index contributed by atoms with van der Waals surface area (Å²) in [6.07, 6.45) is 0. The molecular weight excluding hydrogens is 354 g/mol. The van der Waals surface area contributed by atoms with Crippen molar-refractivity contribution in [1.29, 1.82) is 0 Å². The van der Waals surface area contributed by atoms with E-state index in [2.05, 4.69) is 32.7 Å². The van der Waals surface area contributed by atoms with Gasteiger partial charge in [-0.05, 0) is 19.9 Å². The van der Waals surface area contributed by atoms with Gasteiger partial charge in [-0.25, -0.2) is 4.98 Å². The molecule has 0 radical (unpaired) electrons. The van der Waals surface area contributed by atoms with Gasteiger partial charge in [0, 0.05) is 10.9 Å². The lowest BCUT2D eigenvalue weighted by Crippen LogP contribution is -1.81. The van der Waals surface area contributed by atoms with E-state index in [1.807, 2.05) is 38.1 Å². The summed E-state index contributed by atoms with van der Waals surface area (Å²) in [6.45, 7) is 3.79. The van der Waals surface area contributed by atoms with Gasteiger partial charge in [0.05, 0.1) is 17.0 Å². The van der Waals surface area contributed by atoms with Crippen molar-refractivity contribution in [2.24, 2.45) is 0 Å². The van der Waals surface area contributed by atoms with Gasteiger partial charge in [0.2, 0.25) is 5.89 Å². The fourth-order valence-electron chi connectivity index (χ4n) is 2.45. The van der Waals surface area contributed by atoms with E-state index in [1.54, 1.807) is 23.1 Å². The minimum atomic E-state index is 0.495. The van der Waals surface area contributed by atoms with Crippen LogP contribution in [0.5, 0.6) is 0 Å². The van der Waals surface area contributed by atoms with Crippen molar-refractivity contribution in [3.05, 3.63) is 59.2 Å². The Balaban J connectivity index is 1.44. The van der Waals surface area contributed by atoms with Crippen LogP contribution in [0.3, 0.4) is 0 Å². The first kappa shape index (κ1) is 16.1. The number of aromatic nitrogens is 3. The summed E-state index contributed by atoms with van der Waals surface area (Å²) in [5, 5.41) is 10.3. The van der Waals surface area contributed by atoms with E-state index in [0.717, 1.165) is 32.7 Å². The first-order valence-corrected chi connectivity index (χ1v) is 9.59. The lowest BCUT2D eigenvalue weighted by atomic mass is 10.2. The van der Waals surface area contributed by atoms with E-state index in [9.17, 15) is 0 Å². The van der Waals surface area contributed by atoms with Gasteiger partial charge in [0.1, 0.15) is 11.5 Å². The third kappa shape index (κ3) is 3.52. The molecule has 0 unspecified atom stereocenters. The zero-order valence-corrected chi connectivity index (χ0v) is 15.4. The molecule has 0 amide bonds. The van der Waals surface area contributed by atoms with Gasteiger partial charge in [0.25, 0.3) is 5.89 Å². The van der Waals surface area contributed by atoms with E-state index < -0.39 is 0 Å². The van der Waals surface area contributed by atoms with Crippen LogP contribution in [-0.2, 0) is 5.75 Å². The van der Waals surface area contributed by atoms with Crippen molar-refractivity contribution in [3.8, 4) is 22.7 Å². The number of thiazole rings is 1. The fourth-order valence-corrected chi connectivity index (χ4v) is 4.12. The average Bonchev–Trinajstić information content (AvgIpc) is 3.33. The molecule has 0 bridgehead atoms. The molecule has 5 nitrogen and oxygen atoms in total. The number of furan rings is 1. The van der Waals surface area contributed by atoms with E-state index >= 15 is 0 Å². The third-order valence-electron chi connectivity index (χ3n) is 3.61. The van der Waals surface area contributed by atoms with Crippen LogP contribution in [-0.4, -0.2) is 15.2 Å². The summed E-state index contributed by atoms with van der Waals surface area (Å²) >= 11 is 3.21. The monoisotopic (exact) mass is 369 g/mol. The Kier molecular flexibility index (Phi) is 4.42. The van der Waals surface area contributed by atoms with Crippen molar-refractivity contribution in [1.82, 2.24) is 15.2 Å². The zero-order valence-electron chi connectivity index (χ0n) is 13.7. The van der Waals surface area contributed by atoms with Crippen molar-refractivity contribution >= 4 is 23.1 Å². The van der Waals surface area contributed by atoms with Crippen molar-refractivity contribution in [2.45, 2.75) is 23.9 Å². The van der Waals surface area contributed by atoms with Crippen LogP contribution >= 0.6 is 23.1 Å². The van der Waals surface area contributed by atoms with Crippen LogP contribution < -0.4 is 0 Å². The maximum Gasteiger partial charge on any atom is 0.251 e. The highest BCUT2D eigenvalue weighted by atomic mass is 32.2. The van der Waals surface area contributed by atoms with Gasteiger partial charge in [0.15, 0.2) is 4.34 Å². The number of hydrogen-bond acceptors (Lipinski definition) is 7. The van der Waals surface area contributed by atoms with Gasteiger partial charge in [-0.3, -0.25) is 0 Å². The molecule has 0 aliphatic rings. The van der Waals surface area contributed by atoms with Crippen molar-refractivity contribution in [3.63, 3.8) is 0 Å². The maximum absolute atomic E-state index is 5.75. The molecule has 4 rings (SSSR count). The standard InChI is InChI=1S/C18H15N3O2S2/c1-11-8-14(12(2)22-11)17-21-20-16(23-17)10-25-18-19-15(9-24-18)13-6-4-3-5-7-13/h3-9H,10H2,1-2H3. The predicted octanol–water partition coefficient (Wildman–Crippen LogP) is 5.36. The minimum absolute atomic E-state index is 0.495. The molecule has 0 saturated heterocycles. The normalized spacial score (nSPS) is 11.1. The van der Waals surface area contributed by atoms with Gasteiger partial charge in [-0.1, -0.05) is 42.1 Å². The Labute approximate surface area is 153 Å². The van der Waals surface area contributed by atoms with Crippen LogP contribution in [0.4, 0.5) is 0 Å². The summed E-state index contributed by atoms with van der Waals surface area (Å²) in [4.78, 5) is 4.65. The van der Waals surface area contributed by atoms with E-state index in [-0.39, 0.29) is 0 Å². The highest BCUT2D eigenvalue weighted by molar-refractivity contribution is 8.00. The molecule has 0 aliphatic heterocycles. The smallest absolute Gasteiger partial charge is 0.251 e. The summed E-state index contributed by atoms with van der Waals surface area (Å²) in [7, 11) is 0. The molecule has 0 saturated carbocycles. The Morgan fingerprint density at radius 2 is 1.92 bits per heavy atom. The molecule has 25 heavy (non-hydrogen) atoms. The summed E-state index contributed by atoms with van der Waals surface area (Å²) < 4.78 is 12.2. The molecule has 3 heterocycles. The summed E-state index contributed by atoms with van der Waals surface area (Å²) in [6, 6.07) is 12.1. The third-order valence-corrected chi connectivity index (χ3v) is 5.62. The highest BCUT2D eigenvalue weighted by Gasteiger charge is 2.15. The molecule has 0 fully saturated rings. The number of benzene rings is 1. The lowest BCUT2D eigenvalue weighted by molar-refractivity contribution is 0.499. The Bertz CT molecular complexity index is 989. The number of hydrogen-bond donors (Lipinski definition) is 0. The molecule has 3 aromatic heterocycles. The van der Waals surface area contributed by atoms with Crippen LogP contribution in [0, 0.1) is 13.8 Å². The lowest BCUT2D eigenvalue weighted by Gasteiger charge is -1.95. The van der Waals surface area contributed by atoms with Gasteiger partial charge >= 0.3 is 0 Å². The Morgan fingerprint density at radius 1 is 1.08 bits per heavy atom. The molecule has 0 aliphatic carbocycles. The summed E-state index contributed by atoms with van der Waals surface area (Å²) in [5.41, 5.74) is 2.96. The van der Waals surface area contributed by atoms with E-state index in [1.165, 1.54) is 0 Å². The highest BCUT2D eigenvalue weighted by Crippen LogP contribution is 2.31. The zero-order chi connectivity index (χ0) is 17.2. The van der Waals surface area contributed by atoms with Crippen LogP contribution in [0.15, 0.2) is 55.0 Å². The van der Waals surface area contributed by atoms with Crippen LogP contribution in [0.1, 0.15) is 17.4 Å². The topological polar surface area (TPSA) is 65.0 Å². The van der Waals surface area contributed by atoms with Crippen LogP contribution in [0.25, 0.3) is 22.7 Å². The van der Waals surface area contributed by atoms with E-state index in [4.69, 9.17) is 8.83 Å². The number of rotatable bonds is 5. The molecule has 7 heteroatoms. The number of aryl methyl sites for hydroxylation is 2. The first-order valence-electron chi connectivity index (χ1n) is 7.72. The number of nitrogens with zero attached hydrogens (tertiary/aromatic N) is 3. The van der Waals surface area contributed by atoms with E-state index in [0.29, 0.717) is 17.5 Å². The van der Waals surface area contributed by atoms with Gasteiger partial charge in [-0.2, -0.15) is 0 Å². The Hall–Kier alpha value is -2.38. The fraction of sp³-hybridized carbons (Fsp3) is 0.167. The SMILES string of the molecule is Cc1cc(-c2nnc(CSc3nc(-c4ccccc4)cs3)o2)c(C)o1. The second kappa shape index (κ2) is 6.85. The van der Waals surface area contributed by atoms with Gasteiger partial charge in [-0.15, -0.1) is 21.5 Å². The molecular formula is C18H15N3O2S2. The molecule has 1 aromatic carbocycles. The second-order valence-corrected chi connectivity index (χ2v) is 7.56. The maximum atomic E-state index is 5.75. The molecule has 0 spiro atoms. The average molecular weight is 369 g/mol. The van der Waals surface area contributed by atoms with Crippen LogP contribution in [0.2, 0.25) is 0 Å². The van der Waals surface area contributed by atoms with Crippen molar-refractivity contribution < 1.29 is 8.83 Å². The van der Waals surface area contributed by atoms with Gasteiger partial charge < -0.3 is 8.83 Å². The molecule has 126 valence electrons. The predicted molar refractivity (Wildman–Crippen MR) is 98.6 cm³/mol. The quantitative estimate of drug-likeness (QED) is 0.441. The minimum Gasteiger partial charge on any atom is -0.466 e. The molecule has 0 atom stereocenters. The second-order valence-electron chi connectivity index (χ2n) is 5.48. The molecule has 0 N–H and O–H groups in total. The first-order chi connectivity index (χ1) is 12.2. The Morgan fingerprint density at radius 3 is 2.68 bits per heavy atom. The summed E-state index contributed by atoms with van der Waals surface area (Å²) in [5.74, 6) is 3.28. The number of thioether (sulfide) groups is 1. The molecule has 4 aromatic rings. The van der Waals surface area contributed by atoms with Crippen molar-refractivity contribution in [2.75, 3.05) is 0 Å².